The molecule has 1 heterocycles. The van der Waals surface area contributed by atoms with Gasteiger partial charge in [-0.3, -0.25) is 4.79 Å². The lowest BCUT2D eigenvalue weighted by Gasteiger charge is -2.15. The number of carbonyl (C=O) groups excluding carboxylic acids is 1. The Kier molecular flexibility index (Phi) is 4.75. The van der Waals surface area contributed by atoms with E-state index in [1.54, 1.807) is 0 Å². The summed E-state index contributed by atoms with van der Waals surface area (Å²) in [5.74, 6) is -0.312. The van der Waals surface area contributed by atoms with Gasteiger partial charge in [0.05, 0.1) is 13.2 Å². The zero-order valence-electron chi connectivity index (χ0n) is 11.3. The number of carbonyl (C=O) groups is 1. The maximum absolute atomic E-state index is 11.8. The number of fused-ring (bicyclic) bond motifs is 1. The molecule has 0 unspecified atom stereocenters. The van der Waals surface area contributed by atoms with Crippen molar-refractivity contribution in [2.45, 2.75) is 18.9 Å². The molecule has 0 bridgehead atoms. The summed E-state index contributed by atoms with van der Waals surface area (Å²) in [6.45, 7) is 0.471. The number of para-hydroxylation sites is 1. The van der Waals surface area contributed by atoms with Crippen LogP contribution in [0.5, 0.6) is 0 Å². The van der Waals surface area contributed by atoms with Crippen LogP contribution in [0.4, 0.5) is 0 Å². The van der Waals surface area contributed by atoms with Crippen molar-refractivity contribution >= 4 is 16.9 Å². The van der Waals surface area contributed by atoms with Crippen LogP contribution in [0, 0.1) is 11.3 Å². The van der Waals surface area contributed by atoms with Gasteiger partial charge in [0, 0.05) is 36.5 Å². The molecule has 5 heteroatoms. The van der Waals surface area contributed by atoms with Crippen molar-refractivity contribution in [1.29, 1.82) is 5.26 Å². The van der Waals surface area contributed by atoms with Gasteiger partial charge in [0.2, 0.25) is 0 Å². The van der Waals surface area contributed by atoms with E-state index in [2.05, 4.69) is 10.3 Å². The van der Waals surface area contributed by atoms with E-state index in [1.807, 2.05) is 36.5 Å². The topological polar surface area (TPSA) is 77.9 Å². The SMILES string of the molecule is COC(=O)[C@H](Cc1c[nH]c2ccccc12)NCCC#N. The van der Waals surface area contributed by atoms with E-state index in [9.17, 15) is 4.79 Å². The van der Waals surface area contributed by atoms with Gasteiger partial charge in [0.1, 0.15) is 6.04 Å². The van der Waals surface area contributed by atoms with E-state index in [-0.39, 0.29) is 5.97 Å². The van der Waals surface area contributed by atoms with Gasteiger partial charge in [-0.2, -0.15) is 5.26 Å². The Morgan fingerprint density at radius 3 is 3.05 bits per heavy atom. The van der Waals surface area contributed by atoms with Gasteiger partial charge in [-0.1, -0.05) is 18.2 Å². The Balaban J connectivity index is 2.14. The number of ether oxygens (including phenoxy) is 1. The Hall–Kier alpha value is -2.32. The quantitative estimate of drug-likeness (QED) is 0.620. The molecule has 2 N–H and O–H groups in total. The Morgan fingerprint density at radius 2 is 2.30 bits per heavy atom. The van der Waals surface area contributed by atoms with Crippen LogP contribution in [0.1, 0.15) is 12.0 Å². The van der Waals surface area contributed by atoms with Crippen molar-refractivity contribution in [3.8, 4) is 6.07 Å². The molecule has 20 heavy (non-hydrogen) atoms. The molecule has 5 nitrogen and oxygen atoms in total. The number of aromatic nitrogens is 1. The highest BCUT2D eigenvalue weighted by Crippen LogP contribution is 2.19. The predicted octanol–water partition coefficient (Wildman–Crippen LogP) is 1.76. The van der Waals surface area contributed by atoms with E-state index in [4.69, 9.17) is 10.00 Å². The first-order valence-electron chi connectivity index (χ1n) is 6.49. The predicted molar refractivity (Wildman–Crippen MR) is 76.0 cm³/mol. The second-order valence-electron chi connectivity index (χ2n) is 4.50. The summed E-state index contributed by atoms with van der Waals surface area (Å²) in [6.07, 6.45) is 2.80. The molecule has 0 aliphatic rings. The molecule has 0 saturated carbocycles. The average Bonchev–Trinajstić information content (AvgIpc) is 2.89. The third kappa shape index (κ3) is 3.16. The van der Waals surface area contributed by atoms with Gasteiger partial charge < -0.3 is 15.0 Å². The third-order valence-electron chi connectivity index (χ3n) is 3.21. The van der Waals surface area contributed by atoms with Crippen molar-refractivity contribution in [3.05, 3.63) is 36.0 Å². The van der Waals surface area contributed by atoms with Crippen LogP contribution in [0.15, 0.2) is 30.5 Å². The molecule has 0 fully saturated rings. The number of nitrogens with zero attached hydrogens (tertiary/aromatic N) is 1. The van der Waals surface area contributed by atoms with Crippen molar-refractivity contribution in [3.63, 3.8) is 0 Å². The minimum Gasteiger partial charge on any atom is -0.468 e. The molecule has 0 amide bonds. The van der Waals surface area contributed by atoms with Crippen molar-refractivity contribution in [2.24, 2.45) is 0 Å². The van der Waals surface area contributed by atoms with Crippen molar-refractivity contribution < 1.29 is 9.53 Å². The molecule has 2 aromatic rings. The number of H-pyrrole nitrogens is 1. The van der Waals surface area contributed by atoms with Crippen LogP contribution in [0.3, 0.4) is 0 Å². The van der Waals surface area contributed by atoms with E-state index >= 15 is 0 Å². The summed E-state index contributed by atoms with van der Waals surface area (Å²) >= 11 is 0. The molecular formula is C15H17N3O2. The highest BCUT2D eigenvalue weighted by atomic mass is 16.5. The first kappa shape index (κ1) is 14.1. The summed E-state index contributed by atoms with van der Waals surface area (Å²) in [6, 6.07) is 9.56. The lowest BCUT2D eigenvalue weighted by molar-refractivity contribution is -0.143. The summed E-state index contributed by atoms with van der Waals surface area (Å²) in [5, 5.41) is 12.7. The minimum atomic E-state index is -0.437. The number of benzene rings is 1. The monoisotopic (exact) mass is 271 g/mol. The highest BCUT2D eigenvalue weighted by molar-refractivity contribution is 5.84. The van der Waals surface area contributed by atoms with E-state index in [0.717, 1.165) is 16.5 Å². The van der Waals surface area contributed by atoms with Gasteiger partial charge in [0.15, 0.2) is 0 Å². The molecule has 2 rings (SSSR count). The average molecular weight is 271 g/mol. The number of rotatable bonds is 6. The fraction of sp³-hybridized carbons (Fsp3) is 0.333. The first-order valence-corrected chi connectivity index (χ1v) is 6.49. The van der Waals surface area contributed by atoms with Crippen LogP contribution >= 0.6 is 0 Å². The van der Waals surface area contributed by atoms with Gasteiger partial charge in [-0.15, -0.1) is 0 Å². The molecule has 0 aliphatic carbocycles. The van der Waals surface area contributed by atoms with Crippen LogP contribution in [-0.4, -0.2) is 30.6 Å². The summed E-state index contributed by atoms with van der Waals surface area (Å²) in [4.78, 5) is 15.0. The summed E-state index contributed by atoms with van der Waals surface area (Å²) in [5.41, 5.74) is 2.10. The van der Waals surface area contributed by atoms with Crippen LogP contribution in [0.25, 0.3) is 10.9 Å². The van der Waals surface area contributed by atoms with E-state index in [1.165, 1.54) is 7.11 Å². The minimum absolute atomic E-state index is 0.312. The van der Waals surface area contributed by atoms with Gasteiger partial charge in [0.25, 0.3) is 0 Å². The van der Waals surface area contributed by atoms with E-state index in [0.29, 0.717) is 19.4 Å². The van der Waals surface area contributed by atoms with Crippen molar-refractivity contribution in [2.75, 3.05) is 13.7 Å². The Labute approximate surface area is 117 Å². The summed E-state index contributed by atoms with van der Waals surface area (Å²) < 4.78 is 4.81. The number of nitriles is 1. The summed E-state index contributed by atoms with van der Waals surface area (Å²) in [7, 11) is 1.37. The Bertz CT molecular complexity index is 627. The Morgan fingerprint density at radius 1 is 1.50 bits per heavy atom. The number of aromatic amines is 1. The number of hydrogen-bond acceptors (Lipinski definition) is 4. The number of hydrogen-bond donors (Lipinski definition) is 2. The molecule has 104 valence electrons. The van der Waals surface area contributed by atoms with Crippen LogP contribution in [0.2, 0.25) is 0 Å². The van der Waals surface area contributed by atoms with E-state index < -0.39 is 6.04 Å². The normalized spacial score (nSPS) is 12.0. The lowest BCUT2D eigenvalue weighted by Crippen LogP contribution is -2.39. The maximum atomic E-state index is 11.8. The number of methoxy groups -OCH3 is 1. The van der Waals surface area contributed by atoms with Gasteiger partial charge in [-0.05, 0) is 11.6 Å². The molecule has 0 radical (unpaired) electrons. The number of nitrogens with one attached hydrogen (secondary N) is 2. The maximum Gasteiger partial charge on any atom is 0.323 e. The highest BCUT2D eigenvalue weighted by Gasteiger charge is 2.20. The first-order chi connectivity index (χ1) is 9.76. The number of esters is 1. The largest absolute Gasteiger partial charge is 0.468 e. The fourth-order valence-corrected chi connectivity index (χ4v) is 2.20. The molecule has 0 aliphatic heterocycles. The molecule has 0 saturated heterocycles. The molecule has 1 aromatic carbocycles. The van der Waals surface area contributed by atoms with Gasteiger partial charge in [-0.25, -0.2) is 0 Å². The van der Waals surface area contributed by atoms with Gasteiger partial charge >= 0.3 is 5.97 Å². The fourth-order valence-electron chi connectivity index (χ4n) is 2.20. The third-order valence-corrected chi connectivity index (χ3v) is 3.21. The van der Waals surface area contributed by atoms with Crippen LogP contribution in [-0.2, 0) is 16.0 Å². The van der Waals surface area contributed by atoms with Crippen LogP contribution < -0.4 is 5.32 Å². The second-order valence-corrected chi connectivity index (χ2v) is 4.50. The molecule has 1 aromatic heterocycles. The smallest absolute Gasteiger partial charge is 0.323 e. The second kappa shape index (κ2) is 6.73. The van der Waals surface area contributed by atoms with Crippen molar-refractivity contribution in [1.82, 2.24) is 10.3 Å². The zero-order chi connectivity index (χ0) is 14.4. The lowest BCUT2D eigenvalue weighted by atomic mass is 10.0. The molecule has 0 spiro atoms. The zero-order valence-corrected chi connectivity index (χ0v) is 11.3. The molecule has 1 atom stereocenters. The molecular weight excluding hydrogens is 254 g/mol. The standard InChI is InChI=1S/C15H17N3O2/c1-20-15(19)14(17-8-4-7-16)9-11-10-18-13-6-3-2-5-12(11)13/h2-3,5-6,10,14,17-18H,4,8-9H2,1H3/t14-/m0/s1.